The molecule has 0 aromatic heterocycles. The standard InChI is InChI=1S/C13H20N2O/c1-15(2)6-5-14-8-11-3-4-12-9-16-10-13(12)7-11/h3-4,7,14H,5-6,8-10H2,1-2H3. The molecule has 3 nitrogen and oxygen atoms in total. The van der Waals surface area contributed by atoms with Crippen molar-refractivity contribution in [2.45, 2.75) is 19.8 Å². The molecule has 1 aliphatic heterocycles. The van der Waals surface area contributed by atoms with Gasteiger partial charge in [-0.15, -0.1) is 0 Å². The largest absolute Gasteiger partial charge is 0.372 e. The number of nitrogens with zero attached hydrogens (tertiary/aromatic N) is 1. The number of rotatable bonds is 5. The number of hydrogen-bond donors (Lipinski definition) is 1. The smallest absolute Gasteiger partial charge is 0.0725 e. The van der Waals surface area contributed by atoms with Crippen LogP contribution in [0.5, 0.6) is 0 Å². The van der Waals surface area contributed by atoms with Crippen LogP contribution in [0.1, 0.15) is 16.7 Å². The summed E-state index contributed by atoms with van der Waals surface area (Å²) in [5.41, 5.74) is 4.05. The molecule has 0 spiro atoms. The monoisotopic (exact) mass is 220 g/mol. The van der Waals surface area contributed by atoms with Crippen LogP contribution < -0.4 is 5.32 Å². The predicted octanol–water partition coefficient (Wildman–Crippen LogP) is 1.37. The Morgan fingerprint density at radius 2 is 2.06 bits per heavy atom. The second-order valence-electron chi connectivity index (χ2n) is 4.58. The van der Waals surface area contributed by atoms with Crippen molar-refractivity contribution in [2.75, 3.05) is 27.2 Å². The molecule has 1 N–H and O–H groups in total. The normalized spacial score (nSPS) is 14.4. The van der Waals surface area contributed by atoms with Gasteiger partial charge in [0.2, 0.25) is 0 Å². The molecule has 3 heteroatoms. The van der Waals surface area contributed by atoms with Gasteiger partial charge in [0.15, 0.2) is 0 Å². The summed E-state index contributed by atoms with van der Waals surface area (Å²) in [4.78, 5) is 2.18. The molecule has 1 aliphatic rings. The van der Waals surface area contributed by atoms with Crippen LogP contribution in [0.2, 0.25) is 0 Å². The maximum absolute atomic E-state index is 5.40. The molecule has 1 heterocycles. The summed E-state index contributed by atoms with van der Waals surface area (Å²) in [6, 6.07) is 6.63. The summed E-state index contributed by atoms with van der Waals surface area (Å²) in [6.45, 7) is 4.61. The van der Waals surface area contributed by atoms with Crippen LogP contribution in [0.3, 0.4) is 0 Å². The Kier molecular flexibility index (Phi) is 3.93. The second kappa shape index (κ2) is 5.43. The molecule has 16 heavy (non-hydrogen) atoms. The zero-order valence-corrected chi connectivity index (χ0v) is 10.1. The van der Waals surface area contributed by atoms with Gasteiger partial charge < -0.3 is 15.0 Å². The van der Waals surface area contributed by atoms with Gasteiger partial charge in [-0.05, 0) is 30.8 Å². The topological polar surface area (TPSA) is 24.5 Å². The van der Waals surface area contributed by atoms with E-state index in [0.717, 1.165) is 32.8 Å². The third-order valence-electron chi connectivity index (χ3n) is 2.85. The number of hydrogen-bond acceptors (Lipinski definition) is 3. The van der Waals surface area contributed by atoms with Crippen molar-refractivity contribution in [3.63, 3.8) is 0 Å². The van der Waals surface area contributed by atoms with Crippen LogP contribution in [0, 0.1) is 0 Å². The van der Waals surface area contributed by atoms with Gasteiger partial charge in [-0.3, -0.25) is 0 Å². The van der Waals surface area contributed by atoms with Gasteiger partial charge in [-0.1, -0.05) is 18.2 Å². The minimum atomic E-state index is 0.779. The van der Waals surface area contributed by atoms with Crippen molar-refractivity contribution in [1.29, 1.82) is 0 Å². The highest BCUT2D eigenvalue weighted by Gasteiger charge is 2.10. The molecule has 0 atom stereocenters. The first-order chi connectivity index (χ1) is 7.75. The van der Waals surface area contributed by atoms with Crippen LogP contribution in [-0.2, 0) is 24.5 Å². The Labute approximate surface area is 97.4 Å². The predicted molar refractivity (Wildman–Crippen MR) is 65.2 cm³/mol. The van der Waals surface area contributed by atoms with Gasteiger partial charge >= 0.3 is 0 Å². The molecule has 88 valence electrons. The van der Waals surface area contributed by atoms with Crippen LogP contribution in [-0.4, -0.2) is 32.1 Å². The molecule has 1 aromatic carbocycles. The summed E-state index contributed by atoms with van der Waals surface area (Å²) in [5, 5.41) is 3.44. The van der Waals surface area contributed by atoms with E-state index < -0.39 is 0 Å². The van der Waals surface area contributed by atoms with Crippen LogP contribution >= 0.6 is 0 Å². The Balaban J connectivity index is 1.81. The molecule has 0 saturated heterocycles. The van der Waals surface area contributed by atoms with E-state index >= 15 is 0 Å². The average Bonchev–Trinajstić information content (AvgIpc) is 2.71. The average molecular weight is 220 g/mol. The summed E-state index contributed by atoms with van der Waals surface area (Å²) < 4.78 is 5.40. The highest BCUT2D eigenvalue weighted by molar-refractivity contribution is 5.33. The van der Waals surface area contributed by atoms with Crippen molar-refractivity contribution in [3.05, 3.63) is 34.9 Å². The van der Waals surface area contributed by atoms with E-state index in [1.807, 2.05) is 0 Å². The molecular formula is C13H20N2O. The van der Waals surface area contributed by atoms with Crippen LogP contribution in [0.4, 0.5) is 0 Å². The van der Waals surface area contributed by atoms with Gasteiger partial charge in [-0.2, -0.15) is 0 Å². The molecule has 0 unspecified atom stereocenters. The molecule has 0 aliphatic carbocycles. The van der Waals surface area contributed by atoms with Gasteiger partial charge in [0.05, 0.1) is 13.2 Å². The third-order valence-corrected chi connectivity index (χ3v) is 2.85. The number of ether oxygens (including phenoxy) is 1. The molecule has 0 saturated carbocycles. The van der Waals surface area contributed by atoms with Crippen molar-refractivity contribution in [3.8, 4) is 0 Å². The van der Waals surface area contributed by atoms with Crippen molar-refractivity contribution in [2.24, 2.45) is 0 Å². The lowest BCUT2D eigenvalue weighted by Gasteiger charge is -2.10. The third kappa shape index (κ3) is 3.04. The summed E-state index contributed by atoms with van der Waals surface area (Å²) in [7, 11) is 4.18. The fraction of sp³-hybridized carbons (Fsp3) is 0.538. The van der Waals surface area contributed by atoms with Crippen LogP contribution in [0.25, 0.3) is 0 Å². The van der Waals surface area contributed by atoms with E-state index in [2.05, 4.69) is 42.5 Å². The number of likely N-dealkylation sites (N-methyl/N-ethyl adjacent to an activating group) is 1. The van der Waals surface area contributed by atoms with Crippen molar-refractivity contribution in [1.82, 2.24) is 10.2 Å². The minimum Gasteiger partial charge on any atom is -0.372 e. The lowest BCUT2D eigenvalue weighted by Crippen LogP contribution is -2.26. The molecular weight excluding hydrogens is 200 g/mol. The van der Waals surface area contributed by atoms with Crippen LogP contribution in [0.15, 0.2) is 18.2 Å². The van der Waals surface area contributed by atoms with E-state index in [1.54, 1.807) is 0 Å². The second-order valence-corrected chi connectivity index (χ2v) is 4.58. The van der Waals surface area contributed by atoms with Crippen molar-refractivity contribution >= 4 is 0 Å². The Bertz CT molecular complexity index is 350. The van der Waals surface area contributed by atoms with Gasteiger partial charge in [0, 0.05) is 19.6 Å². The zero-order valence-electron chi connectivity index (χ0n) is 10.1. The number of nitrogens with one attached hydrogen (secondary N) is 1. The first kappa shape index (κ1) is 11.6. The maximum atomic E-state index is 5.40. The number of fused-ring (bicyclic) bond motifs is 1. The highest BCUT2D eigenvalue weighted by Crippen LogP contribution is 2.20. The molecule has 0 amide bonds. The van der Waals surface area contributed by atoms with Crippen molar-refractivity contribution < 1.29 is 4.74 Å². The Morgan fingerprint density at radius 1 is 1.25 bits per heavy atom. The zero-order chi connectivity index (χ0) is 11.4. The molecule has 0 radical (unpaired) electrons. The summed E-state index contributed by atoms with van der Waals surface area (Å²) >= 11 is 0. The Morgan fingerprint density at radius 3 is 2.88 bits per heavy atom. The fourth-order valence-corrected chi connectivity index (χ4v) is 1.87. The molecule has 0 fully saturated rings. The summed E-state index contributed by atoms with van der Waals surface area (Å²) in [5.74, 6) is 0. The number of benzene rings is 1. The lowest BCUT2D eigenvalue weighted by molar-refractivity contribution is 0.134. The molecule has 2 rings (SSSR count). The van der Waals surface area contributed by atoms with E-state index in [-0.39, 0.29) is 0 Å². The van der Waals surface area contributed by atoms with E-state index in [9.17, 15) is 0 Å². The fourth-order valence-electron chi connectivity index (χ4n) is 1.87. The molecule has 0 bridgehead atoms. The first-order valence-corrected chi connectivity index (χ1v) is 5.79. The Hall–Kier alpha value is -0.900. The van der Waals surface area contributed by atoms with E-state index in [4.69, 9.17) is 4.74 Å². The van der Waals surface area contributed by atoms with Gasteiger partial charge in [0.25, 0.3) is 0 Å². The van der Waals surface area contributed by atoms with Gasteiger partial charge in [-0.25, -0.2) is 0 Å². The van der Waals surface area contributed by atoms with E-state index in [0.29, 0.717) is 0 Å². The lowest BCUT2D eigenvalue weighted by atomic mass is 10.1. The molecule has 1 aromatic rings. The first-order valence-electron chi connectivity index (χ1n) is 5.79. The SMILES string of the molecule is CN(C)CCNCc1ccc2c(c1)COC2. The van der Waals surface area contributed by atoms with Gasteiger partial charge in [0.1, 0.15) is 0 Å². The summed E-state index contributed by atoms with van der Waals surface area (Å²) in [6.07, 6.45) is 0. The highest BCUT2D eigenvalue weighted by atomic mass is 16.5. The quantitative estimate of drug-likeness (QED) is 0.758. The maximum Gasteiger partial charge on any atom is 0.0725 e. The minimum absolute atomic E-state index is 0.779. The van der Waals surface area contributed by atoms with E-state index in [1.165, 1.54) is 16.7 Å².